The van der Waals surface area contributed by atoms with Crippen molar-refractivity contribution in [2.24, 2.45) is 0 Å². The van der Waals surface area contributed by atoms with Gasteiger partial charge in [-0.1, -0.05) is 0 Å². The molecule has 0 nitrogen and oxygen atoms in total. The zero-order valence-electron chi connectivity index (χ0n) is 24.6. The molecule has 0 saturated heterocycles. The van der Waals surface area contributed by atoms with Crippen molar-refractivity contribution in [1.82, 2.24) is 0 Å². The standard InChI is InChI=1S/C40H35BGe/c1-40(2,3)42(32-22-11-6-12-23-32)37-28-15-13-26-35(37)41(36-27-14-16-29-38(36)42)39-33(30-18-7-4-8-19-30)24-17-25-34(39)31-20-9-5-10-21-31/h4-29H,1-3H3. The molecule has 1 heterocycles. The van der Waals surface area contributed by atoms with Gasteiger partial charge in [0.15, 0.2) is 0 Å². The van der Waals surface area contributed by atoms with Crippen molar-refractivity contribution in [1.29, 1.82) is 0 Å². The van der Waals surface area contributed by atoms with Gasteiger partial charge >= 0.3 is 255 Å². The number of benzene rings is 6. The maximum atomic E-state index is 2.49. The molecule has 0 fully saturated rings. The number of rotatable bonds is 4. The molecule has 202 valence electrons. The third kappa shape index (κ3) is 4.14. The van der Waals surface area contributed by atoms with Crippen molar-refractivity contribution in [3.05, 3.63) is 158 Å². The van der Waals surface area contributed by atoms with E-state index in [0.717, 1.165) is 0 Å². The summed E-state index contributed by atoms with van der Waals surface area (Å²) in [6, 6.07) is 59.1. The minimum atomic E-state index is -3.22. The normalized spacial score (nSPS) is 13.7. The van der Waals surface area contributed by atoms with Crippen LogP contribution >= 0.6 is 0 Å². The van der Waals surface area contributed by atoms with Crippen LogP contribution in [0, 0.1) is 0 Å². The van der Waals surface area contributed by atoms with Crippen molar-refractivity contribution in [3.63, 3.8) is 0 Å². The predicted octanol–water partition coefficient (Wildman–Crippen LogP) is 6.12. The van der Waals surface area contributed by atoms with Crippen LogP contribution in [0.3, 0.4) is 0 Å². The molecule has 0 aromatic heterocycles. The molecular formula is C40H35BGe. The molecule has 0 N–H and O–H groups in total. The Morgan fingerprint density at radius 3 is 1.29 bits per heavy atom. The minimum absolute atomic E-state index is 0.0970. The molecule has 0 amide bonds. The zero-order valence-corrected chi connectivity index (χ0v) is 26.7. The van der Waals surface area contributed by atoms with Crippen LogP contribution in [0.2, 0.25) is 4.25 Å². The van der Waals surface area contributed by atoms with Crippen molar-refractivity contribution >= 4 is 49.6 Å². The summed E-state index contributed by atoms with van der Waals surface area (Å²) in [4.78, 5) is 0. The molecular weight excluding hydrogens is 564 g/mol. The molecule has 1 aliphatic rings. The quantitative estimate of drug-likeness (QED) is 0.215. The first-order chi connectivity index (χ1) is 20.5. The Balaban J connectivity index is 1.63. The zero-order chi connectivity index (χ0) is 28.7. The fraction of sp³-hybridized carbons (Fsp3) is 0.100. The van der Waals surface area contributed by atoms with Crippen LogP contribution in [0.5, 0.6) is 0 Å². The van der Waals surface area contributed by atoms with Gasteiger partial charge in [-0.15, -0.1) is 0 Å². The van der Waals surface area contributed by atoms with Gasteiger partial charge in [0.1, 0.15) is 0 Å². The summed E-state index contributed by atoms with van der Waals surface area (Å²) in [5.41, 5.74) is 9.47. The molecule has 0 aliphatic carbocycles. The molecule has 0 atom stereocenters. The third-order valence-electron chi connectivity index (χ3n) is 9.25. The first-order valence-electron chi connectivity index (χ1n) is 15.0. The Morgan fingerprint density at radius 1 is 0.429 bits per heavy atom. The summed E-state index contributed by atoms with van der Waals surface area (Å²) in [6.07, 6.45) is 0. The Bertz CT molecular complexity index is 1750. The summed E-state index contributed by atoms with van der Waals surface area (Å²) in [5.74, 6) is 0. The van der Waals surface area contributed by atoms with Gasteiger partial charge in [-0.3, -0.25) is 0 Å². The molecule has 0 radical (unpaired) electrons. The van der Waals surface area contributed by atoms with Crippen molar-refractivity contribution in [2.75, 3.05) is 0 Å². The Morgan fingerprint density at radius 2 is 0.833 bits per heavy atom. The van der Waals surface area contributed by atoms with Crippen LogP contribution in [0.25, 0.3) is 22.3 Å². The van der Waals surface area contributed by atoms with Crippen LogP contribution in [0.15, 0.2) is 158 Å². The average Bonchev–Trinajstić information content (AvgIpc) is 3.04. The van der Waals surface area contributed by atoms with Gasteiger partial charge in [-0.2, -0.15) is 0 Å². The second kappa shape index (κ2) is 10.6. The topological polar surface area (TPSA) is 0 Å². The van der Waals surface area contributed by atoms with E-state index in [-0.39, 0.29) is 11.0 Å². The Kier molecular flexibility index (Phi) is 6.79. The fourth-order valence-electron chi connectivity index (χ4n) is 7.66. The molecule has 42 heavy (non-hydrogen) atoms. The number of hydrogen-bond donors (Lipinski definition) is 0. The van der Waals surface area contributed by atoms with Gasteiger partial charge in [0.25, 0.3) is 0 Å². The SMILES string of the molecule is C[C](C)(C)[Ge]1([c]2ccccc2)[c]2ccccc2B(c2c(-c3ccccc3)cccc2-c2ccccc2)c2cccc[c]21. The summed E-state index contributed by atoms with van der Waals surface area (Å²) >= 11 is -3.22. The van der Waals surface area contributed by atoms with Crippen molar-refractivity contribution < 1.29 is 0 Å². The second-order valence-electron chi connectivity index (χ2n) is 12.5. The van der Waals surface area contributed by atoms with Crippen LogP contribution < -0.4 is 29.6 Å². The fourth-order valence-corrected chi connectivity index (χ4v) is 20.5. The molecule has 0 bridgehead atoms. The van der Waals surface area contributed by atoms with E-state index in [0.29, 0.717) is 0 Å². The molecule has 0 saturated carbocycles. The van der Waals surface area contributed by atoms with Gasteiger partial charge < -0.3 is 0 Å². The second-order valence-corrected chi connectivity index (χ2v) is 22.2. The van der Waals surface area contributed by atoms with E-state index >= 15 is 0 Å². The predicted molar refractivity (Wildman–Crippen MR) is 186 cm³/mol. The van der Waals surface area contributed by atoms with Gasteiger partial charge in [0.05, 0.1) is 0 Å². The maximum absolute atomic E-state index is 3.22. The van der Waals surface area contributed by atoms with Gasteiger partial charge in [-0.05, 0) is 0 Å². The molecule has 6 aromatic rings. The third-order valence-corrected chi connectivity index (χ3v) is 21.8. The van der Waals surface area contributed by atoms with Gasteiger partial charge in [-0.25, -0.2) is 0 Å². The average molecular weight is 599 g/mol. The molecule has 0 unspecified atom stereocenters. The van der Waals surface area contributed by atoms with Crippen LogP contribution in [0.1, 0.15) is 20.8 Å². The van der Waals surface area contributed by atoms with Crippen LogP contribution in [-0.4, -0.2) is 20.0 Å². The van der Waals surface area contributed by atoms with E-state index in [1.807, 2.05) is 0 Å². The van der Waals surface area contributed by atoms with Crippen LogP contribution in [-0.2, 0) is 0 Å². The Labute approximate surface area is 253 Å². The molecule has 7 rings (SSSR count). The van der Waals surface area contributed by atoms with Crippen molar-refractivity contribution in [2.45, 2.75) is 25.0 Å². The summed E-state index contributed by atoms with van der Waals surface area (Å²) in [6.45, 7) is 7.58. The number of fused-ring (bicyclic) bond motifs is 2. The molecule has 2 heteroatoms. The summed E-state index contributed by atoms with van der Waals surface area (Å²) < 4.78 is 4.80. The summed E-state index contributed by atoms with van der Waals surface area (Å²) in [7, 11) is 0. The first kappa shape index (κ1) is 26.8. The van der Waals surface area contributed by atoms with Crippen molar-refractivity contribution in [3.8, 4) is 22.3 Å². The van der Waals surface area contributed by atoms with E-state index in [9.17, 15) is 0 Å². The van der Waals surface area contributed by atoms with E-state index in [1.165, 1.54) is 43.0 Å². The van der Waals surface area contributed by atoms with E-state index < -0.39 is 13.3 Å². The molecule has 1 aliphatic heterocycles. The molecule has 6 aromatic carbocycles. The van der Waals surface area contributed by atoms with Gasteiger partial charge in [0, 0.05) is 0 Å². The monoisotopic (exact) mass is 600 g/mol. The Hall–Kier alpha value is -4.07. The van der Waals surface area contributed by atoms with E-state index in [4.69, 9.17) is 0 Å². The molecule has 0 spiro atoms. The van der Waals surface area contributed by atoms with E-state index in [2.05, 4.69) is 178 Å². The number of hydrogen-bond acceptors (Lipinski definition) is 0. The van der Waals surface area contributed by atoms with Crippen LogP contribution in [0.4, 0.5) is 0 Å². The van der Waals surface area contributed by atoms with E-state index in [1.54, 1.807) is 8.79 Å². The first-order valence-corrected chi connectivity index (χ1v) is 19.2. The van der Waals surface area contributed by atoms with Gasteiger partial charge in [0.2, 0.25) is 0 Å². The summed E-state index contributed by atoms with van der Waals surface area (Å²) in [5, 5.41) is 0.